The molecule has 3 aromatic rings. The lowest BCUT2D eigenvalue weighted by molar-refractivity contribution is 0.137. The van der Waals surface area contributed by atoms with Gasteiger partial charge in [-0.3, -0.25) is 10.00 Å². The molecule has 140 valence electrons. The van der Waals surface area contributed by atoms with Gasteiger partial charge in [-0.05, 0) is 39.3 Å². The van der Waals surface area contributed by atoms with E-state index in [1.165, 1.54) is 18.4 Å². The maximum atomic E-state index is 4.74. The highest BCUT2D eigenvalue weighted by atomic mass is 15.2. The summed E-state index contributed by atoms with van der Waals surface area (Å²) in [6, 6.07) is 4.08. The van der Waals surface area contributed by atoms with Crippen LogP contribution in [0.5, 0.6) is 0 Å². The molecule has 8 nitrogen and oxygen atoms in total. The van der Waals surface area contributed by atoms with Crippen LogP contribution in [0.15, 0.2) is 30.7 Å². The summed E-state index contributed by atoms with van der Waals surface area (Å²) in [5.74, 6) is 2.01. The number of aryl methyl sites for hydroxylation is 2. The maximum Gasteiger partial charge on any atom is 0.228 e. The van der Waals surface area contributed by atoms with Crippen LogP contribution in [0.2, 0.25) is 0 Å². The molecule has 0 amide bonds. The highest BCUT2D eigenvalue weighted by Crippen LogP contribution is 2.32. The van der Waals surface area contributed by atoms with Gasteiger partial charge in [-0.15, -0.1) is 0 Å². The van der Waals surface area contributed by atoms with Gasteiger partial charge in [-0.1, -0.05) is 6.42 Å². The van der Waals surface area contributed by atoms with Crippen molar-refractivity contribution < 1.29 is 0 Å². The van der Waals surface area contributed by atoms with Gasteiger partial charge in [-0.25, -0.2) is 19.9 Å². The molecule has 0 radical (unpaired) electrons. The van der Waals surface area contributed by atoms with E-state index in [1.54, 1.807) is 18.5 Å². The number of nitrogens with zero attached hydrogens (tertiary/aromatic N) is 6. The van der Waals surface area contributed by atoms with Crippen molar-refractivity contribution in [3.8, 4) is 0 Å². The fourth-order valence-corrected chi connectivity index (χ4v) is 3.57. The van der Waals surface area contributed by atoms with Gasteiger partial charge in [0.15, 0.2) is 0 Å². The summed E-state index contributed by atoms with van der Waals surface area (Å²) >= 11 is 0. The van der Waals surface area contributed by atoms with E-state index in [0.29, 0.717) is 5.95 Å². The normalized spacial score (nSPS) is 17.8. The van der Waals surface area contributed by atoms with E-state index in [4.69, 9.17) is 4.98 Å². The Kier molecular flexibility index (Phi) is 5.06. The molecule has 1 atom stereocenters. The number of anilines is 2. The van der Waals surface area contributed by atoms with Gasteiger partial charge in [0, 0.05) is 36.3 Å². The topological polar surface area (TPSA) is 95.5 Å². The predicted molar refractivity (Wildman–Crippen MR) is 102 cm³/mol. The lowest BCUT2D eigenvalue weighted by atomic mass is 9.98. The lowest BCUT2D eigenvalue weighted by Crippen LogP contribution is -2.33. The average Bonchev–Trinajstić information content (AvgIpc) is 3.07. The molecule has 4 heterocycles. The van der Waals surface area contributed by atoms with Crippen molar-refractivity contribution in [2.45, 2.75) is 45.7 Å². The van der Waals surface area contributed by atoms with Crippen molar-refractivity contribution in [3.05, 3.63) is 53.5 Å². The molecule has 8 heteroatoms. The van der Waals surface area contributed by atoms with Crippen molar-refractivity contribution in [1.82, 2.24) is 35.0 Å². The van der Waals surface area contributed by atoms with Gasteiger partial charge in [0.2, 0.25) is 5.95 Å². The van der Waals surface area contributed by atoms with Crippen LogP contribution in [0, 0.1) is 13.8 Å². The van der Waals surface area contributed by atoms with E-state index in [1.807, 2.05) is 19.2 Å². The number of nitrogens with one attached hydrogen (secondary N) is 2. The second kappa shape index (κ2) is 7.79. The lowest BCUT2D eigenvalue weighted by Gasteiger charge is -2.35. The number of hydrogen-bond acceptors (Lipinski definition) is 7. The molecular weight excluding hydrogens is 340 g/mol. The van der Waals surface area contributed by atoms with Crippen molar-refractivity contribution >= 4 is 11.8 Å². The summed E-state index contributed by atoms with van der Waals surface area (Å²) in [4.78, 5) is 20.2. The Labute approximate surface area is 158 Å². The van der Waals surface area contributed by atoms with Crippen LogP contribution in [-0.4, -0.2) is 41.6 Å². The van der Waals surface area contributed by atoms with Crippen molar-refractivity contribution in [3.63, 3.8) is 0 Å². The van der Waals surface area contributed by atoms with Crippen molar-refractivity contribution in [2.75, 3.05) is 11.9 Å². The van der Waals surface area contributed by atoms with Crippen LogP contribution in [0.4, 0.5) is 11.8 Å². The second-order valence-corrected chi connectivity index (χ2v) is 6.92. The molecule has 0 unspecified atom stereocenters. The Balaban J connectivity index is 1.59. The monoisotopic (exact) mass is 364 g/mol. The molecule has 2 N–H and O–H groups in total. The van der Waals surface area contributed by atoms with E-state index in [0.717, 1.165) is 42.5 Å². The quantitative estimate of drug-likeness (QED) is 0.718. The predicted octanol–water partition coefficient (Wildman–Crippen LogP) is 3.08. The van der Waals surface area contributed by atoms with Gasteiger partial charge >= 0.3 is 0 Å². The van der Waals surface area contributed by atoms with E-state index in [2.05, 4.69) is 42.3 Å². The molecule has 4 rings (SSSR count). The van der Waals surface area contributed by atoms with Gasteiger partial charge in [0.1, 0.15) is 11.6 Å². The zero-order chi connectivity index (χ0) is 18.6. The van der Waals surface area contributed by atoms with E-state index < -0.39 is 0 Å². The first-order valence-electron chi connectivity index (χ1n) is 9.31. The summed E-state index contributed by atoms with van der Waals surface area (Å²) in [7, 11) is 0. The molecule has 0 bridgehead atoms. The fraction of sp³-hybridized carbons (Fsp3) is 0.421. The molecule has 0 aromatic carbocycles. The van der Waals surface area contributed by atoms with Crippen LogP contribution in [0.3, 0.4) is 0 Å². The smallest absolute Gasteiger partial charge is 0.228 e. The van der Waals surface area contributed by atoms with E-state index in [9.17, 15) is 0 Å². The molecule has 1 aliphatic rings. The number of likely N-dealkylation sites (tertiary alicyclic amines) is 1. The first kappa shape index (κ1) is 17.5. The average molecular weight is 364 g/mol. The third-order valence-corrected chi connectivity index (χ3v) is 4.93. The van der Waals surface area contributed by atoms with Crippen LogP contribution in [0.1, 0.15) is 48.1 Å². The van der Waals surface area contributed by atoms with E-state index in [-0.39, 0.29) is 6.04 Å². The number of aromatic amines is 1. The van der Waals surface area contributed by atoms with Gasteiger partial charge in [0.25, 0.3) is 0 Å². The Bertz CT molecular complexity index is 892. The second-order valence-electron chi connectivity index (χ2n) is 6.92. The first-order valence-corrected chi connectivity index (χ1v) is 9.31. The zero-order valence-corrected chi connectivity index (χ0v) is 15.7. The molecule has 1 fully saturated rings. The summed E-state index contributed by atoms with van der Waals surface area (Å²) in [6.07, 6.45) is 8.85. The van der Waals surface area contributed by atoms with Crippen LogP contribution < -0.4 is 5.32 Å². The molecule has 1 saturated heterocycles. The Morgan fingerprint density at radius 1 is 1.19 bits per heavy atom. The standard InChI is InChI=1S/C19H24N8/c1-13-15(11-22-26-13)12-27-9-4-3-6-17(27)16-10-18(24-14(2)23-16)25-19-20-7-5-8-21-19/h5,7-8,10-11,17H,3-4,6,9,12H2,1-2H3,(H,22,26)(H,20,21,23,24,25)/t17-/m0/s1. The van der Waals surface area contributed by atoms with Crippen molar-refractivity contribution in [2.24, 2.45) is 0 Å². The summed E-state index contributed by atoms with van der Waals surface area (Å²) < 4.78 is 0. The summed E-state index contributed by atoms with van der Waals surface area (Å²) in [6.45, 7) is 5.93. The van der Waals surface area contributed by atoms with Gasteiger partial charge in [-0.2, -0.15) is 5.10 Å². The van der Waals surface area contributed by atoms with E-state index >= 15 is 0 Å². The third-order valence-electron chi connectivity index (χ3n) is 4.93. The molecule has 3 aromatic heterocycles. The zero-order valence-electron chi connectivity index (χ0n) is 15.7. The molecule has 27 heavy (non-hydrogen) atoms. The SMILES string of the molecule is Cc1nc(Nc2ncccn2)cc([C@@H]2CCCCN2Cc2cn[nH]c2C)n1. The number of rotatable bonds is 5. The number of hydrogen-bond donors (Lipinski definition) is 2. The minimum atomic E-state index is 0.270. The maximum absolute atomic E-state index is 4.74. The highest BCUT2D eigenvalue weighted by Gasteiger charge is 2.26. The Hall–Kier alpha value is -2.87. The third kappa shape index (κ3) is 4.11. The van der Waals surface area contributed by atoms with Crippen LogP contribution in [0.25, 0.3) is 0 Å². The minimum absolute atomic E-state index is 0.270. The fourth-order valence-electron chi connectivity index (χ4n) is 3.57. The number of aromatic nitrogens is 6. The minimum Gasteiger partial charge on any atom is -0.309 e. The number of piperidine rings is 1. The van der Waals surface area contributed by atoms with Crippen LogP contribution in [-0.2, 0) is 6.54 Å². The van der Waals surface area contributed by atoms with Gasteiger partial charge < -0.3 is 5.32 Å². The largest absolute Gasteiger partial charge is 0.309 e. The molecule has 1 aliphatic heterocycles. The van der Waals surface area contributed by atoms with Gasteiger partial charge in [0.05, 0.1) is 17.9 Å². The first-order chi connectivity index (χ1) is 13.2. The number of H-pyrrole nitrogens is 1. The summed E-state index contributed by atoms with van der Waals surface area (Å²) in [5.41, 5.74) is 3.41. The Morgan fingerprint density at radius 2 is 2.04 bits per heavy atom. The molecule has 0 spiro atoms. The van der Waals surface area contributed by atoms with Crippen molar-refractivity contribution in [1.29, 1.82) is 0 Å². The highest BCUT2D eigenvalue weighted by molar-refractivity contribution is 5.48. The summed E-state index contributed by atoms with van der Waals surface area (Å²) in [5, 5.41) is 10.4. The van der Waals surface area contributed by atoms with Crippen LogP contribution >= 0.6 is 0 Å². The Morgan fingerprint density at radius 3 is 2.81 bits per heavy atom. The molecule has 0 saturated carbocycles. The molecule has 0 aliphatic carbocycles. The molecular formula is C19H24N8.